The van der Waals surface area contributed by atoms with E-state index in [9.17, 15) is 0 Å². The Hall–Kier alpha value is -0.810. The Kier molecular flexibility index (Phi) is 5.42. The summed E-state index contributed by atoms with van der Waals surface area (Å²) in [4.78, 5) is 2.37. The van der Waals surface area contributed by atoms with Gasteiger partial charge in [-0.25, -0.2) is 0 Å². The molecular formula is C10H21N3O2. The van der Waals surface area contributed by atoms with Gasteiger partial charge >= 0.3 is 0 Å². The normalized spacial score (nSPS) is 23.5. The molecule has 1 saturated heterocycles. The van der Waals surface area contributed by atoms with Crippen LogP contribution < -0.4 is 5.73 Å². The van der Waals surface area contributed by atoms with Gasteiger partial charge in [-0.3, -0.25) is 4.90 Å². The van der Waals surface area contributed by atoms with E-state index < -0.39 is 0 Å². The third-order valence-corrected chi connectivity index (χ3v) is 2.98. The number of amidine groups is 1. The Morgan fingerprint density at radius 3 is 3.00 bits per heavy atom. The molecule has 4 N–H and O–H groups in total. The Morgan fingerprint density at radius 2 is 2.33 bits per heavy atom. The lowest BCUT2D eigenvalue weighted by Gasteiger charge is -2.23. The molecule has 5 nitrogen and oxygen atoms in total. The third kappa shape index (κ3) is 4.05. The fourth-order valence-corrected chi connectivity index (χ4v) is 2.15. The summed E-state index contributed by atoms with van der Waals surface area (Å²) in [6, 6.07) is 0.573. The van der Waals surface area contributed by atoms with Crippen LogP contribution in [0, 0.1) is 0 Å². The summed E-state index contributed by atoms with van der Waals surface area (Å²) in [5.74, 6) is 0.294. The molecule has 0 amide bonds. The fraction of sp³-hybridized carbons (Fsp3) is 0.900. The summed E-state index contributed by atoms with van der Waals surface area (Å²) in [6.45, 7) is 2.21. The van der Waals surface area contributed by atoms with E-state index in [-0.39, 0.29) is 6.61 Å². The third-order valence-electron chi connectivity index (χ3n) is 2.98. The highest BCUT2D eigenvalue weighted by Crippen LogP contribution is 2.21. The number of hydrogen-bond donors (Lipinski definition) is 3. The van der Waals surface area contributed by atoms with Crippen molar-refractivity contribution in [1.82, 2.24) is 4.90 Å². The summed E-state index contributed by atoms with van der Waals surface area (Å²) < 4.78 is 0. The lowest BCUT2D eigenvalue weighted by atomic mass is 10.1. The Balaban J connectivity index is 2.26. The maximum absolute atomic E-state index is 8.78. The Morgan fingerprint density at radius 1 is 1.53 bits per heavy atom. The molecule has 0 radical (unpaired) electrons. The molecule has 1 fully saturated rings. The monoisotopic (exact) mass is 215 g/mol. The van der Waals surface area contributed by atoms with Crippen LogP contribution in [0.15, 0.2) is 5.16 Å². The standard InChI is InChI=1S/C10H21N3O2/c11-10(12-15)5-7-13-6-1-3-9(13)4-2-8-14/h9,14-15H,1-8H2,(H2,11,12). The second kappa shape index (κ2) is 6.63. The Bertz CT molecular complexity index is 209. The molecule has 15 heavy (non-hydrogen) atoms. The van der Waals surface area contributed by atoms with Crippen LogP contribution in [-0.4, -0.2) is 46.8 Å². The van der Waals surface area contributed by atoms with Gasteiger partial charge in [0.2, 0.25) is 0 Å². The van der Waals surface area contributed by atoms with Crippen LogP contribution in [0.2, 0.25) is 0 Å². The van der Waals surface area contributed by atoms with Gasteiger partial charge in [-0.05, 0) is 32.2 Å². The molecule has 88 valence electrons. The zero-order valence-electron chi connectivity index (χ0n) is 9.10. The van der Waals surface area contributed by atoms with Crippen molar-refractivity contribution in [2.45, 2.75) is 38.1 Å². The molecule has 1 aliphatic rings. The maximum Gasteiger partial charge on any atom is 0.140 e. The summed E-state index contributed by atoms with van der Waals surface area (Å²) in [6.07, 6.45) is 4.95. The summed E-state index contributed by atoms with van der Waals surface area (Å²) >= 11 is 0. The number of rotatable bonds is 6. The molecule has 1 heterocycles. The van der Waals surface area contributed by atoms with Crippen LogP contribution in [0.25, 0.3) is 0 Å². The molecule has 5 heteroatoms. The van der Waals surface area contributed by atoms with Crippen LogP contribution in [0.5, 0.6) is 0 Å². The van der Waals surface area contributed by atoms with E-state index in [1.165, 1.54) is 12.8 Å². The average Bonchev–Trinajstić information content (AvgIpc) is 2.70. The van der Waals surface area contributed by atoms with Gasteiger partial charge in [0, 0.05) is 25.6 Å². The minimum atomic E-state index is 0.268. The first-order valence-electron chi connectivity index (χ1n) is 5.59. The molecule has 0 spiro atoms. The first-order valence-corrected chi connectivity index (χ1v) is 5.59. The van der Waals surface area contributed by atoms with Crippen LogP contribution in [-0.2, 0) is 0 Å². The molecule has 0 bridgehead atoms. The summed E-state index contributed by atoms with van der Waals surface area (Å²) in [5, 5.41) is 20.2. The fourth-order valence-electron chi connectivity index (χ4n) is 2.15. The molecule has 0 saturated carbocycles. The second-order valence-corrected chi connectivity index (χ2v) is 4.04. The lowest BCUT2D eigenvalue weighted by Crippen LogP contribution is -2.32. The van der Waals surface area contributed by atoms with Crippen LogP contribution in [0.1, 0.15) is 32.1 Å². The minimum absolute atomic E-state index is 0.268. The largest absolute Gasteiger partial charge is 0.409 e. The first kappa shape index (κ1) is 12.3. The Labute approximate surface area is 90.6 Å². The van der Waals surface area contributed by atoms with Crippen LogP contribution in [0.3, 0.4) is 0 Å². The molecule has 1 rings (SSSR count). The first-order chi connectivity index (χ1) is 7.27. The van der Waals surface area contributed by atoms with Gasteiger partial charge in [0.1, 0.15) is 5.84 Å². The van der Waals surface area contributed by atoms with Gasteiger partial charge in [-0.1, -0.05) is 5.16 Å². The van der Waals surface area contributed by atoms with E-state index in [1.807, 2.05) is 0 Å². The predicted octanol–water partition coefficient (Wildman–Crippen LogP) is 0.360. The minimum Gasteiger partial charge on any atom is -0.409 e. The van der Waals surface area contributed by atoms with Crippen molar-refractivity contribution in [3.8, 4) is 0 Å². The van der Waals surface area contributed by atoms with Crippen molar-refractivity contribution in [2.24, 2.45) is 10.9 Å². The van der Waals surface area contributed by atoms with E-state index >= 15 is 0 Å². The second-order valence-electron chi connectivity index (χ2n) is 4.04. The van der Waals surface area contributed by atoms with Crippen molar-refractivity contribution in [1.29, 1.82) is 0 Å². The lowest BCUT2D eigenvalue weighted by molar-refractivity contribution is 0.219. The van der Waals surface area contributed by atoms with Crippen molar-refractivity contribution >= 4 is 5.84 Å². The zero-order chi connectivity index (χ0) is 11.1. The number of aliphatic hydroxyl groups is 1. The summed E-state index contributed by atoms with van der Waals surface area (Å²) in [5.41, 5.74) is 5.43. The van der Waals surface area contributed by atoms with Crippen LogP contribution in [0.4, 0.5) is 0 Å². The van der Waals surface area contributed by atoms with Crippen molar-refractivity contribution in [2.75, 3.05) is 19.7 Å². The van der Waals surface area contributed by atoms with E-state index in [4.69, 9.17) is 16.0 Å². The summed E-state index contributed by atoms with van der Waals surface area (Å²) in [7, 11) is 0. The molecule has 0 aromatic rings. The molecule has 0 aliphatic carbocycles. The quantitative estimate of drug-likeness (QED) is 0.258. The molecule has 1 atom stereocenters. The molecular weight excluding hydrogens is 194 g/mol. The van der Waals surface area contributed by atoms with E-state index in [0.29, 0.717) is 18.3 Å². The van der Waals surface area contributed by atoms with Gasteiger partial charge < -0.3 is 16.0 Å². The van der Waals surface area contributed by atoms with E-state index in [2.05, 4.69) is 10.1 Å². The number of nitrogens with two attached hydrogens (primary N) is 1. The van der Waals surface area contributed by atoms with Gasteiger partial charge in [-0.2, -0.15) is 0 Å². The zero-order valence-corrected chi connectivity index (χ0v) is 9.10. The highest BCUT2D eigenvalue weighted by molar-refractivity contribution is 5.79. The predicted molar refractivity (Wildman–Crippen MR) is 58.9 cm³/mol. The van der Waals surface area contributed by atoms with Gasteiger partial charge in [0.05, 0.1) is 0 Å². The highest BCUT2D eigenvalue weighted by Gasteiger charge is 2.23. The van der Waals surface area contributed by atoms with Crippen molar-refractivity contribution < 1.29 is 10.3 Å². The number of nitrogens with zero attached hydrogens (tertiary/aromatic N) is 2. The number of likely N-dealkylation sites (tertiary alicyclic amines) is 1. The SMILES string of the molecule is NC(CCN1CCCC1CCCO)=NO. The van der Waals surface area contributed by atoms with Crippen molar-refractivity contribution in [3.63, 3.8) is 0 Å². The van der Waals surface area contributed by atoms with Gasteiger partial charge in [-0.15, -0.1) is 0 Å². The van der Waals surface area contributed by atoms with Crippen molar-refractivity contribution in [3.05, 3.63) is 0 Å². The average molecular weight is 215 g/mol. The highest BCUT2D eigenvalue weighted by atomic mass is 16.4. The number of aliphatic hydroxyl groups excluding tert-OH is 1. The number of oxime groups is 1. The van der Waals surface area contributed by atoms with Crippen LogP contribution >= 0.6 is 0 Å². The smallest absolute Gasteiger partial charge is 0.140 e. The van der Waals surface area contributed by atoms with Gasteiger partial charge in [0.25, 0.3) is 0 Å². The maximum atomic E-state index is 8.78. The van der Waals surface area contributed by atoms with E-state index in [0.717, 1.165) is 25.9 Å². The molecule has 1 aliphatic heterocycles. The molecule has 0 aromatic heterocycles. The number of hydrogen-bond acceptors (Lipinski definition) is 4. The molecule has 0 aromatic carbocycles. The molecule has 1 unspecified atom stereocenters. The van der Waals surface area contributed by atoms with E-state index in [1.54, 1.807) is 0 Å². The topological polar surface area (TPSA) is 82.1 Å². The van der Waals surface area contributed by atoms with Gasteiger partial charge in [0.15, 0.2) is 0 Å².